The van der Waals surface area contributed by atoms with Crippen LogP contribution in [0.5, 0.6) is 0 Å². The number of aromatic nitrogens is 4. The number of nitrogens with zero attached hydrogens (tertiary/aromatic N) is 6. The zero-order valence-corrected chi connectivity index (χ0v) is 26.0. The highest BCUT2D eigenvalue weighted by atomic mass is 19.1. The monoisotopic (exact) mass is 598 g/mol. The number of oxazole rings is 1. The fourth-order valence-corrected chi connectivity index (χ4v) is 5.38. The van der Waals surface area contributed by atoms with Gasteiger partial charge in [-0.15, -0.1) is 5.10 Å². The fourth-order valence-electron chi connectivity index (χ4n) is 5.38. The van der Waals surface area contributed by atoms with Gasteiger partial charge in [-0.05, 0) is 64.5 Å². The summed E-state index contributed by atoms with van der Waals surface area (Å²) in [7, 11) is 1.64. The summed E-state index contributed by atoms with van der Waals surface area (Å²) >= 11 is 0. The van der Waals surface area contributed by atoms with E-state index in [0.29, 0.717) is 50.4 Å². The van der Waals surface area contributed by atoms with Crippen LogP contribution in [-0.4, -0.2) is 86.8 Å². The standard InChI is InChI=1S/C31H43FN6O5/c1-21(2)17-37(23-15-22(27-16-33-20-42-27)18-36(19-23)30(40)43-31(3,4)5)29(39)28-26(13-9-10-14-41-6)38(35-34-28)25-12-8-7-11-24(25)32/h7-8,11-12,16,20-23H,9-10,13-15,17-19H2,1-6H3/t22?,23-/m0/s1. The van der Waals surface area contributed by atoms with Crippen molar-refractivity contribution in [1.82, 2.24) is 29.8 Å². The molecule has 3 aromatic rings. The average Bonchev–Trinajstić information content (AvgIpc) is 3.64. The maximum Gasteiger partial charge on any atom is 0.410 e. The van der Waals surface area contributed by atoms with Crippen LogP contribution in [0.2, 0.25) is 0 Å². The zero-order valence-electron chi connectivity index (χ0n) is 26.0. The van der Waals surface area contributed by atoms with E-state index < -0.39 is 17.5 Å². The summed E-state index contributed by atoms with van der Waals surface area (Å²) in [6.45, 7) is 11.2. The minimum atomic E-state index is -0.678. The van der Waals surface area contributed by atoms with Gasteiger partial charge in [-0.25, -0.2) is 18.9 Å². The minimum Gasteiger partial charge on any atom is -0.448 e. The fraction of sp³-hybridized carbons (Fsp3) is 0.581. The first kappa shape index (κ1) is 32.1. The van der Waals surface area contributed by atoms with Crippen LogP contribution in [0.4, 0.5) is 9.18 Å². The van der Waals surface area contributed by atoms with Gasteiger partial charge in [0.1, 0.15) is 22.9 Å². The zero-order chi connectivity index (χ0) is 31.1. The maximum absolute atomic E-state index is 14.9. The molecule has 234 valence electrons. The molecule has 0 saturated carbocycles. The second kappa shape index (κ2) is 14.1. The van der Waals surface area contributed by atoms with Crippen LogP contribution in [0.15, 0.2) is 41.3 Å². The molecule has 4 rings (SSSR count). The molecule has 2 amide bonds. The van der Waals surface area contributed by atoms with E-state index >= 15 is 0 Å². The molecular weight excluding hydrogens is 555 g/mol. The van der Waals surface area contributed by atoms with Gasteiger partial charge in [0.2, 0.25) is 0 Å². The molecular formula is C31H43FN6O5. The van der Waals surface area contributed by atoms with E-state index in [4.69, 9.17) is 13.9 Å². The number of carbonyl (C=O) groups excluding carboxylic acids is 2. The number of benzene rings is 1. The van der Waals surface area contributed by atoms with E-state index in [1.165, 1.54) is 17.1 Å². The molecule has 0 aliphatic carbocycles. The highest BCUT2D eigenvalue weighted by Gasteiger charge is 2.40. The van der Waals surface area contributed by atoms with Crippen LogP contribution >= 0.6 is 0 Å². The number of amides is 2. The molecule has 0 bridgehead atoms. The second-order valence-electron chi connectivity index (χ2n) is 12.4. The van der Waals surface area contributed by atoms with Gasteiger partial charge in [-0.3, -0.25) is 4.79 Å². The normalized spacial score (nSPS) is 17.3. The Balaban J connectivity index is 1.71. The highest BCUT2D eigenvalue weighted by molar-refractivity contribution is 5.93. The van der Waals surface area contributed by atoms with Gasteiger partial charge in [-0.2, -0.15) is 0 Å². The van der Waals surface area contributed by atoms with Crippen molar-refractivity contribution >= 4 is 12.0 Å². The Labute approximate surface area is 252 Å². The average molecular weight is 599 g/mol. The molecule has 11 nitrogen and oxygen atoms in total. The smallest absolute Gasteiger partial charge is 0.410 e. The summed E-state index contributed by atoms with van der Waals surface area (Å²) in [6.07, 6.45) is 5.02. The Morgan fingerprint density at radius 1 is 1.19 bits per heavy atom. The van der Waals surface area contributed by atoms with Gasteiger partial charge in [0.15, 0.2) is 12.1 Å². The van der Waals surface area contributed by atoms with Crippen LogP contribution in [0, 0.1) is 11.7 Å². The largest absolute Gasteiger partial charge is 0.448 e. The summed E-state index contributed by atoms with van der Waals surface area (Å²) in [4.78, 5) is 35.2. The molecule has 0 radical (unpaired) electrons. The third kappa shape index (κ3) is 8.19. The van der Waals surface area contributed by atoms with Gasteiger partial charge in [0.25, 0.3) is 5.91 Å². The van der Waals surface area contributed by atoms with Crippen molar-refractivity contribution in [2.45, 2.75) is 77.9 Å². The molecule has 3 heterocycles. The van der Waals surface area contributed by atoms with E-state index in [1.807, 2.05) is 34.6 Å². The Hall–Kier alpha value is -3.80. The van der Waals surface area contributed by atoms with Gasteiger partial charge in [-0.1, -0.05) is 31.2 Å². The lowest BCUT2D eigenvalue weighted by molar-refractivity contribution is 0.00534. The number of ether oxygens (including phenoxy) is 2. The van der Waals surface area contributed by atoms with Gasteiger partial charge < -0.3 is 23.7 Å². The van der Waals surface area contributed by atoms with E-state index in [0.717, 1.165) is 6.42 Å². The molecule has 1 aliphatic heterocycles. The number of unbranched alkanes of at least 4 members (excludes halogenated alkanes) is 1. The lowest BCUT2D eigenvalue weighted by Crippen LogP contribution is -2.55. The molecule has 1 saturated heterocycles. The molecule has 1 aromatic carbocycles. The Morgan fingerprint density at radius 3 is 2.60 bits per heavy atom. The Kier molecular flexibility index (Phi) is 10.5. The van der Waals surface area contributed by atoms with Crippen LogP contribution in [0.1, 0.15) is 81.7 Å². The number of halogens is 1. The van der Waals surface area contributed by atoms with Gasteiger partial charge >= 0.3 is 6.09 Å². The van der Waals surface area contributed by atoms with Crippen LogP contribution in [-0.2, 0) is 15.9 Å². The molecule has 1 aliphatic rings. The summed E-state index contributed by atoms with van der Waals surface area (Å²) in [5.74, 6) is -0.209. The highest BCUT2D eigenvalue weighted by Crippen LogP contribution is 2.32. The van der Waals surface area contributed by atoms with E-state index in [-0.39, 0.29) is 41.7 Å². The Bertz CT molecular complexity index is 1350. The predicted molar refractivity (Wildman–Crippen MR) is 157 cm³/mol. The minimum absolute atomic E-state index is 0.122. The number of para-hydroxylation sites is 1. The van der Waals surface area contributed by atoms with Crippen molar-refractivity contribution in [3.63, 3.8) is 0 Å². The van der Waals surface area contributed by atoms with Crippen LogP contribution in [0.3, 0.4) is 0 Å². The van der Waals surface area contributed by atoms with Crippen LogP contribution < -0.4 is 0 Å². The summed E-state index contributed by atoms with van der Waals surface area (Å²) in [6, 6.07) is 5.93. The SMILES string of the molecule is COCCCCc1c(C(=O)N(CC(C)C)[C@H]2CC(c3cnco3)CN(C(=O)OC(C)(C)C)C2)nnn1-c1ccccc1F. The summed E-state index contributed by atoms with van der Waals surface area (Å²) in [5.41, 5.74) is 0.256. The lowest BCUT2D eigenvalue weighted by atomic mass is 9.91. The third-order valence-corrected chi connectivity index (χ3v) is 7.26. The maximum atomic E-state index is 14.9. The van der Waals surface area contributed by atoms with Crippen molar-refractivity contribution in [3.05, 3.63) is 59.8 Å². The number of hydrogen-bond donors (Lipinski definition) is 0. The summed E-state index contributed by atoms with van der Waals surface area (Å²) < 4.78 is 32.9. The van der Waals surface area contributed by atoms with Gasteiger partial charge in [0, 0.05) is 39.3 Å². The molecule has 2 atom stereocenters. The van der Waals surface area contributed by atoms with Crippen molar-refractivity contribution in [1.29, 1.82) is 0 Å². The number of piperidine rings is 1. The number of rotatable bonds is 11. The van der Waals surface area contributed by atoms with Crippen LogP contribution in [0.25, 0.3) is 5.69 Å². The number of methoxy groups -OCH3 is 1. The third-order valence-electron chi connectivity index (χ3n) is 7.26. The number of carbonyl (C=O) groups is 2. The quantitative estimate of drug-likeness (QED) is 0.275. The van der Waals surface area contributed by atoms with E-state index in [2.05, 4.69) is 15.3 Å². The van der Waals surface area contributed by atoms with Crippen molar-refractivity contribution in [2.75, 3.05) is 33.4 Å². The summed E-state index contributed by atoms with van der Waals surface area (Å²) in [5, 5.41) is 8.57. The van der Waals surface area contributed by atoms with Gasteiger partial charge in [0.05, 0.1) is 17.9 Å². The van der Waals surface area contributed by atoms with Crippen molar-refractivity contribution in [3.8, 4) is 5.69 Å². The first-order valence-electron chi connectivity index (χ1n) is 14.8. The van der Waals surface area contributed by atoms with Crippen molar-refractivity contribution in [2.24, 2.45) is 5.92 Å². The molecule has 12 heteroatoms. The molecule has 43 heavy (non-hydrogen) atoms. The first-order chi connectivity index (χ1) is 20.5. The molecule has 1 fully saturated rings. The van der Waals surface area contributed by atoms with E-state index in [1.54, 1.807) is 41.3 Å². The predicted octanol–water partition coefficient (Wildman–Crippen LogP) is 5.25. The molecule has 0 spiro atoms. The topological polar surface area (TPSA) is 116 Å². The van der Waals surface area contributed by atoms with E-state index in [9.17, 15) is 14.0 Å². The molecule has 2 aromatic heterocycles. The number of hydrogen-bond acceptors (Lipinski definition) is 8. The second-order valence-corrected chi connectivity index (χ2v) is 12.4. The first-order valence-corrected chi connectivity index (χ1v) is 14.8. The van der Waals surface area contributed by atoms with Crippen molar-refractivity contribution < 1.29 is 27.9 Å². The molecule has 1 unspecified atom stereocenters. The molecule has 0 N–H and O–H groups in total. The Morgan fingerprint density at radius 2 is 1.95 bits per heavy atom. The number of likely N-dealkylation sites (tertiary alicyclic amines) is 1. The lowest BCUT2D eigenvalue weighted by Gasteiger charge is -2.42.